The second kappa shape index (κ2) is 8.78. The number of aromatic nitrogens is 2. The van der Waals surface area contributed by atoms with Crippen LogP contribution in [-0.4, -0.2) is 40.0 Å². The summed E-state index contributed by atoms with van der Waals surface area (Å²) in [7, 11) is 1.24. The lowest BCUT2D eigenvalue weighted by Crippen LogP contribution is -2.64. The number of nitrogens with zero attached hydrogens (tertiary/aromatic N) is 3. The predicted molar refractivity (Wildman–Crippen MR) is 128 cm³/mol. The number of aryl methyl sites for hydroxylation is 3. The van der Waals surface area contributed by atoms with Gasteiger partial charge in [-0.15, -0.1) is 0 Å². The normalized spacial score (nSPS) is 17.3. The van der Waals surface area contributed by atoms with Gasteiger partial charge in [0, 0.05) is 12.2 Å². The molecule has 0 radical (unpaired) electrons. The largest absolute Gasteiger partial charge is 0.464 e. The molecule has 4 rings (SSSR count). The number of imidazole rings is 1. The Bertz CT molecular complexity index is 1260. The summed E-state index contributed by atoms with van der Waals surface area (Å²) >= 11 is 0. The zero-order valence-corrected chi connectivity index (χ0v) is 20.0. The van der Waals surface area contributed by atoms with Crippen LogP contribution in [0.25, 0.3) is 0 Å². The third kappa shape index (κ3) is 4.07. The summed E-state index contributed by atoms with van der Waals surface area (Å²) < 4.78 is 6.37. The van der Waals surface area contributed by atoms with E-state index in [9.17, 15) is 14.4 Å². The van der Waals surface area contributed by atoms with Gasteiger partial charge in [-0.1, -0.05) is 35.9 Å². The van der Waals surface area contributed by atoms with Gasteiger partial charge in [0.15, 0.2) is 5.69 Å². The van der Waals surface area contributed by atoms with Crippen molar-refractivity contribution in [1.29, 1.82) is 0 Å². The van der Waals surface area contributed by atoms with Gasteiger partial charge >= 0.3 is 5.97 Å². The van der Waals surface area contributed by atoms with Gasteiger partial charge < -0.3 is 14.6 Å². The molecule has 1 aliphatic rings. The summed E-state index contributed by atoms with van der Waals surface area (Å²) in [5.74, 6) is -1.49. The van der Waals surface area contributed by atoms with Gasteiger partial charge in [-0.2, -0.15) is 0 Å². The molecular formula is C26H28N4O4. The van der Waals surface area contributed by atoms with Gasteiger partial charge in [0.1, 0.15) is 11.2 Å². The van der Waals surface area contributed by atoms with Crippen LogP contribution in [0.5, 0.6) is 0 Å². The lowest BCUT2D eigenvalue weighted by Gasteiger charge is -2.43. The van der Waals surface area contributed by atoms with Crippen LogP contribution in [0.4, 0.5) is 5.69 Å². The van der Waals surface area contributed by atoms with Crippen molar-refractivity contribution in [3.63, 3.8) is 0 Å². The third-order valence-corrected chi connectivity index (χ3v) is 6.12. The van der Waals surface area contributed by atoms with Crippen LogP contribution in [0.15, 0.2) is 48.8 Å². The van der Waals surface area contributed by atoms with Crippen molar-refractivity contribution in [2.45, 2.75) is 46.3 Å². The highest BCUT2D eigenvalue weighted by atomic mass is 16.5. The van der Waals surface area contributed by atoms with E-state index >= 15 is 0 Å². The molecule has 1 aromatic heterocycles. The van der Waals surface area contributed by atoms with Crippen LogP contribution in [0, 0.1) is 20.8 Å². The molecule has 1 atom stereocenters. The van der Waals surface area contributed by atoms with Crippen LogP contribution in [0.1, 0.15) is 50.2 Å². The quantitative estimate of drug-likeness (QED) is 0.590. The Hall–Kier alpha value is -3.94. The molecule has 0 saturated carbocycles. The fourth-order valence-electron chi connectivity index (χ4n) is 4.44. The zero-order chi connectivity index (χ0) is 24.6. The fourth-order valence-corrected chi connectivity index (χ4v) is 4.44. The molecule has 2 aromatic carbocycles. The fraction of sp³-hybridized carbons (Fsp3) is 0.308. The van der Waals surface area contributed by atoms with E-state index in [4.69, 9.17) is 4.74 Å². The van der Waals surface area contributed by atoms with Crippen LogP contribution < -0.4 is 10.2 Å². The van der Waals surface area contributed by atoms with Gasteiger partial charge in [-0.25, -0.2) is 9.78 Å². The van der Waals surface area contributed by atoms with Crippen molar-refractivity contribution in [2.24, 2.45) is 0 Å². The molecule has 1 N–H and O–H groups in total. The summed E-state index contributed by atoms with van der Waals surface area (Å²) in [6.07, 6.45) is 1.41. The first-order valence-electron chi connectivity index (χ1n) is 11.0. The molecular weight excluding hydrogens is 432 g/mol. The Morgan fingerprint density at radius 3 is 2.32 bits per heavy atom. The Labute approximate surface area is 198 Å². The second-order valence-electron chi connectivity index (χ2n) is 8.99. The number of fused-ring (bicyclic) bond motifs is 1. The standard InChI is InChI=1S/C26H28N4O4/c1-16-6-8-19(9-7-16)13-27-25(33)26(4)14-29-15-28-21(24(32)34-5)22(29)23(31)30(26)20-11-17(2)10-18(3)12-20/h6-12,15H,13-14H2,1-5H3,(H,27,33). The topological polar surface area (TPSA) is 93.5 Å². The highest BCUT2D eigenvalue weighted by molar-refractivity contribution is 6.15. The summed E-state index contributed by atoms with van der Waals surface area (Å²) in [6.45, 7) is 8.06. The molecule has 2 heterocycles. The Kier molecular flexibility index (Phi) is 6.00. The Morgan fingerprint density at radius 1 is 1.06 bits per heavy atom. The number of carbonyl (C=O) groups is 3. The van der Waals surface area contributed by atoms with Crippen molar-refractivity contribution < 1.29 is 19.1 Å². The summed E-state index contributed by atoms with van der Waals surface area (Å²) in [6, 6.07) is 13.6. The number of nitrogens with one attached hydrogen (secondary N) is 1. The molecule has 1 unspecified atom stereocenters. The van der Waals surface area contributed by atoms with Crippen LogP contribution in [-0.2, 0) is 22.6 Å². The number of carbonyl (C=O) groups excluding carboxylic acids is 3. The second-order valence-corrected chi connectivity index (χ2v) is 8.99. The zero-order valence-electron chi connectivity index (χ0n) is 20.0. The number of rotatable bonds is 5. The number of hydrogen-bond donors (Lipinski definition) is 1. The number of esters is 1. The molecule has 8 nitrogen and oxygen atoms in total. The molecule has 2 amide bonds. The van der Waals surface area contributed by atoms with Crippen molar-refractivity contribution in [3.05, 3.63) is 82.4 Å². The average Bonchev–Trinajstić information content (AvgIpc) is 3.21. The first-order chi connectivity index (χ1) is 16.1. The van der Waals surface area contributed by atoms with Gasteiger partial charge in [0.2, 0.25) is 5.91 Å². The van der Waals surface area contributed by atoms with E-state index in [0.717, 1.165) is 22.3 Å². The molecule has 0 bridgehead atoms. The molecule has 0 saturated heterocycles. The van der Waals surface area contributed by atoms with Crippen LogP contribution in [0.2, 0.25) is 0 Å². The number of ether oxygens (including phenoxy) is 1. The first-order valence-corrected chi connectivity index (χ1v) is 11.0. The average molecular weight is 461 g/mol. The number of methoxy groups -OCH3 is 1. The maximum absolute atomic E-state index is 13.9. The lowest BCUT2D eigenvalue weighted by molar-refractivity contribution is -0.126. The number of amides is 2. The van der Waals surface area contributed by atoms with Crippen LogP contribution in [0.3, 0.4) is 0 Å². The third-order valence-electron chi connectivity index (χ3n) is 6.12. The van der Waals surface area contributed by atoms with Crippen LogP contribution >= 0.6 is 0 Å². The summed E-state index contributed by atoms with van der Waals surface area (Å²) in [5, 5.41) is 2.99. The van der Waals surface area contributed by atoms with Crippen molar-refractivity contribution in [1.82, 2.24) is 14.9 Å². The monoisotopic (exact) mass is 460 g/mol. The molecule has 8 heteroatoms. The van der Waals surface area contributed by atoms with E-state index < -0.39 is 17.4 Å². The predicted octanol–water partition coefficient (Wildman–Crippen LogP) is 3.33. The van der Waals surface area contributed by atoms with E-state index in [1.165, 1.54) is 18.3 Å². The van der Waals surface area contributed by atoms with Crippen molar-refractivity contribution >= 4 is 23.5 Å². The number of anilines is 1. The molecule has 1 aliphatic heterocycles. The Balaban J connectivity index is 1.77. The molecule has 0 aliphatic carbocycles. The SMILES string of the molecule is COC(=O)c1ncn2c1C(=O)N(c1cc(C)cc(C)c1)C(C)(C(=O)NCc1ccc(C)cc1)C2. The molecule has 34 heavy (non-hydrogen) atoms. The molecule has 3 aromatic rings. The van der Waals surface area contributed by atoms with Crippen molar-refractivity contribution in [2.75, 3.05) is 12.0 Å². The van der Waals surface area contributed by atoms with E-state index in [-0.39, 0.29) is 23.8 Å². The van der Waals surface area contributed by atoms with Gasteiger partial charge in [-0.05, 0) is 56.5 Å². The highest BCUT2D eigenvalue weighted by Crippen LogP contribution is 2.35. The smallest absolute Gasteiger partial charge is 0.359 e. The van der Waals surface area contributed by atoms with E-state index in [1.54, 1.807) is 11.5 Å². The number of hydrogen-bond acceptors (Lipinski definition) is 5. The highest BCUT2D eigenvalue weighted by Gasteiger charge is 2.49. The van der Waals surface area contributed by atoms with E-state index in [0.29, 0.717) is 12.2 Å². The van der Waals surface area contributed by atoms with E-state index in [1.807, 2.05) is 63.2 Å². The molecule has 0 fully saturated rings. The summed E-state index contributed by atoms with van der Waals surface area (Å²) in [4.78, 5) is 45.4. The van der Waals surface area contributed by atoms with E-state index in [2.05, 4.69) is 10.3 Å². The maximum atomic E-state index is 13.9. The molecule has 176 valence electrons. The molecule has 0 spiro atoms. The van der Waals surface area contributed by atoms with Gasteiger partial charge in [-0.3, -0.25) is 14.5 Å². The summed E-state index contributed by atoms with van der Waals surface area (Å²) in [5.41, 5.74) is 3.37. The minimum absolute atomic E-state index is 0.0658. The Morgan fingerprint density at radius 2 is 1.71 bits per heavy atom. The lowest BCUT2D eigenvalue weighted by atomic mass is 9.92. The van der Waals surface area contributed by atoms with Gasteiger partial charge in [0.25, 0.3) is 5.91 Å². The van der Waals surface area contributed by atoms with Crippen molar-refractivity contribution in [3.8, 4) is 0 Å². The number of benzene rings is 2. The first kappa shape index (κ1) is 23.2. The van der Waals surface area contributed by atoms with Gasteiger partial charge in [0.05, 0.1) is 20.0 Å². The maximum Gasteiger partial charge on any atom is 0.359 e. The minimum atomic E-state index is -1.26. The minimum Gasteiger partial charge on any atom is -0.464 e.